The Kier molecular flexibility index (Phi) is 5.05. The van der Waals surface area contributed by atoms with E-state index in [1.165, 1.54) is 18.2 Å². The van der Waals surface area contributed by atoms with Gasteiger partial charge in [0.2, 0.25) is 0 Å². The van der Waals surface area contributed by atoms with Crippen LogP contribution in [0.3, 0.4) is 0 Å². The molecule has 1 atom stereocenters. The number of aliphatic carboxylic acids is 1. The van der Waals surface area contributed by atoms with Gasteiger partial charge in [-0.3, -0.25) is 4.79 Å². The molecule has 1 unspecified atom stereocenters. The molecule has 0 saturated heterocycles. The number of aryl methyl sites for hydroxylation is 1. The van der Waals surface area contributed by atoms with Crippen molar-refractivity contribution in [3.8, 4) is 5.75 Å². The summed E-state index contributed by atoms with van der Waals surface area (Å²) in [7, 11) is -3.92. The summed E-state index contributed by atoms with van der Waals surface area (Å²) < 4.78 is 29.9. The van der Waals surface area contributed by atoms with Crippen LogP contribution in [0.25, 0.3) is 0 Å². The summed E-state index contributed by atoms with van der Waals surface area (Å²) >= 11 is 0. The summed E-state index contributed by atoms with van der Waals surface area (Å²) in [6, 6.07) is 12.7. The third kappa shape index (κ3) is 3.90. The van der Waals surface area contributed by atoms with Gasteiger partial charge in [-0.25, -0.2) is 0 Å². The van der Waals surface area contributed by atoms with E-state index < -0.39 is 22.0 Å². The molecule has 0 fully saturated rings. The predicted octanol–water partition coefficient (Wildman–Crippen LogP) is 3.20. The van der Waals surface area contributed by atoms with E-state index in [9.17, 15) is 13.2 Å². The Morgan fingerprint density at radius 1 is 1.13 bits per heavy atom. The number of hydrogen-bond acceptors (Lipinski definition) is 4. The maximum atomic E-state index is 12.4. The summed E-state index contributed by atoms with van der Waals surface area (Å²) in [5, 5.41) is 8.97. The van der Waals surface area contributed by atoms with Crippen molar-refractivity contribution in [2.24, 2.45) is 0 Å². The maximum absolute atomic E-state index is 12.4. The number of carboxylic acids is 1. The molecule has 5 nitrogen and oxygen atoms in total. The first kappa shape index (κ1) is 17.0. The number of benzene rings is 2. The van der Waals surface area contributed by atoms with Crippen molar-refractivity contribution in [2.45, 2.75) is 31.1 Å². The molecule has 2 aromatic carbocycles. The van der Waals surface area contributed by atoms with Gasteiger partial charge in [0.05, 0.1) is 5.92 Å². The highest BCUT2D eigenvalue weighted by molar-refractivity contribution is 7.87. The van der Waals surface area contributed by atoms with Crippen LogP contribution in [0.1, 0.15) is 30.9 Å². The third-order valence-electron chi connectivity index (χ3n) is 3.58. The van der Waals surface area contributed by atoms with E-state index in [1.54, 1.807) is 37.3 Å². The van der Waals surface area contributed by atoms with Crippen LogP contribution in [-0.2, 0) is 21.3 Å². The van der Waals surface area contributed by atoms with E-state index in [-0.39, 0.29) is 10.6 Å². The lowest BCUT2D eigenvalue weighted by molar-refractivity contribution is -0.138. The van der Waals surface area contributed by atoms with Gasteiger partial charge in [0.1, 0.15) is 10.6 Å². The minimum absolute atomic E-state index is 0.144. The summed E-state index contributed by atoms with van der Waals surface area (Å²) in [6.07, 6.45) is 0.577. The first-order valence-electron chi connectivity index (χ1n) is 7.20. The van der Waals surface area contributed by atoms with Crippen molar-refractivity contribution in [3.05, 3.63) is 59.7 Å². The minimum atomic E-state index is -3.92. The second-order valence-electron chi connectivity index (χ2n) is 5.13. The molecule has 6 heteroatoms. The highest BCUT2D eigenvalue weighted by Gasteiger charge is 2.20. The van der Waals surface area contributed by atoms with Crippen LogP contribution < -0.4 is 4.18 Å². The van der Waals surface area contributed by atoms with E-state index in [1.807, 2.05) is 6.92 Å². The zero-order valence-electron chi connectivity index (χ0n) is 12.9. The fourth-order valence-corrected chi connectivity index (χ4v) is 3.40. The van der Waals surface area contributed by atoms with E-state index in [2.05, 4.69) is 0 Å². The van der Waals surface area contributed by atoms with Crippen molar-refractivity contribution in [2.75, 3.05) is 0 Å². The van der Waals surface area contributed by atoms with Gasteiger partial charge in [-0.2, -0.15) is 8.42 Å². The van der Waals surface area contributed by atoms with Crippen LogP contribution in [0.2, 0.25) is 0 Å². The fraction of sp³-hybridized carbons (Fsp3) is 0.235. The molecular formula is C17H18O5S. The number of hydrogen-bond donors (Lipinski definition) is 1. The van der Waals surface area contributed by atoms with Crippen LogP contribution in [0, 0.1) is 0 Å². The van der Waals surface area contributed by atoms with Gasteiger partial charge in [-0.1, -0.05) is 37.3 Å². The maximum Gasteiger partial charge on any atom is 0.339 e. The quantitative estimate of drug-likeness (QED) is 0.821. The zero-order valence-corrected chi connectivity index (χ0v) is 13.7. The predicted molar refractivity (Wildman–Crippen MR) is 86.1 cm³/mol. The monoisotopic (exact) mass is 334 g/mol. The van der Waals surface area contributed by atoms with E-state index in [0.29, 0.717) is 17.5 Å². The Balaban J connectivity index is 2.26. The molecule has 0 aliphatic carbocycles. The smallest absolute Gasteiger partial charge is 0.339 e. The van der Waals surface area contributed by atoms with Crippen LogP contribution in [0.15, 0.2) is 53.4 Å². The largest absolute Gasteiger partial charge is 0.481 e. The molecule has 2 rings (SSSR count). The molecule has 0 aliphatic heterocycles. The van der Waals surface area contributed by atoms with Gasteiger partial charge in [0.25, 0.3) is 0 Å². The van der Waals surface area contributed by atoms with Crippen LogP contribution in [-0.4, -0.2) is 19.5 Å². The molecule has 2 aromatic rings. The third-order valence-corrected chi connectivity index (χ3v) is 4.93. The molecule has 23 heavy (non-hydrogen) atoms. The highest BCUT2D eigenvalue weighted by atomic mass is 32.2. The standard InChI is InChI=1S/C17H18O5S/c1-3-13-6-4-5-7-16(13)23(20,21)22-15-10-8-14(9-11-15)12(2)17(18)19/h4-12H,3H2,1-2H3,(H,18,19). The van der Waals surface area contributed by atoms with Gasteiger partial charge in [-0.15, -0.1) is 0 Å². The minimum Gasteiger partial charge on any atom is -0.481 e. The van der Waals surface area contributed by atoms with Gasteiger partial charge in [0, 0.05) is 0 Å². The summed E-state index contributed by atoms with van der Waals surface area (Å²) in [5.41, 5.74) is 1.26. The molecule has 0 radical (unpaired) electrons. The Hall–Kier alpha value is -2.34. The van der Waals surface area contributed by atoms with Crippen molar-refractivity contribution in [1.29, 1.82) is 0 Å². The lowest BCUT2D eigenvalue weighted by atomic mass is 10.0. The molecule has 0 aliphatic rings. The first-order valence-corrected chi connectivity index (χ1v) is 8.61. The molecule has 122 valence electrons. The van der Waals surface area contributed by atoms with Crippen molar-refractivity contribution in [3.63, 3.8) is 0 Å². The molecule has 0 bridgehead atoms. The van der Waals surface area contributed by atoms with E-state index in [4.69, 9.17) is 9.29 Å². The topological polar surface area (TPSA) is 80.7 Å². The van der Waals surface area contributed by atoms with Crippen LogP contribution >= 0.6 is 0 Å². The number of rotatable bonds is 6. The van der Waals surface area contributed by atoms with E-state index >= 15 is 0 Å². The van der Waals surface area contributed by atoms with E-state index in [0.717, 1.165) is 0 Å². The van der Waals surface area contributed by atoms with Crippen molar-refractivity contribution in [1.82, 2.24) is 0 Å². The van der Waals surface area contributed by atoms with Gasteiger partial charge in [0.15, 0.2) is 0 Å². The highest BCUT2D eigenvalue weighted by Crippen LogP contribution is 2.24. The molecule has 0 amide bonds. The molecule has 0 heterocycles. The first-order chi connectivity index (χ1) is 10.8. The summed E-state index contributed by atoms with van der Waals surface area (Å²) in [5.74, 6) is -1.46. The molecular weight excluding hydrogens is 316 g/mol. The average molecular weight is 334 g/mol. The fourth-order valence-electron chi connectivity index (χ4n) is 2.17. The van der Waals surface area contributed by atoms with Gasteiger partial charge < -0.3 is 9.29 Å². The number of carbonyl (C=O) groups is 1. The lowest BCUT2D eigenvalue weighted by Gasteiger charge is -2.11. The van der Waals surface area contributed by atoms with Gasteiger partial charge >= 0.3 is 16.1 Å². The Morgan fingerprint density at radius 3 is 2.30 bits per heavy atom. The van der Waals surface area contributed by atoms with Gasteiger partial charge in [-0.05, 0) is 42.7 Å². The average Bonchev–Trinajstić information content (AvgIpc) is 2.54. The number of carboxylic acid groups (broad SMARTS) is 1. The molecule has 1 N–H and O–H groups in total. The van der Waals surface area contributed by atoms with Crippen molar-refractivity contribution < 1.29 is 22.5 Å². The second kappa shape index (κ2) is 6.83. The van der Waals surface area contributed by atoms with Crippen molar-refractivity contribution >= 4 is 16.1 Å². The Bertz CT molecular complexity index is 794. The molecule has 0 saturated carbocycles. The molecule has 0 aromatic heterocycles. The molecule has 0 spiro atoms. The van der Waals surface area contributed by atoms with Crippen LogP contribution in [0.5, 0.6) is 5.75 Å². The normalized spacial score (nSPS) is 12.6. The SMILES string of the molecule is CCc1ccccc1S(=O)(=O)Oc1ccc(C(C)C(=O)O)cc1. The summed E-state index contributed by atoms with van der Waals surface area (Å²) in [4.78, 5) is 11.1. The Morgan fingerprint density at radius 2 is 1.74 bits per heavy atom. The lowest BCUT2D eigenvalue weighted by Crippen LogP contribution is -2.12. The summed E-state index contributed by atoms with van der Waals surface area (Å²) in [6.45, 7) is 3.43. The zero-order chi connectivity index (χ0) is 17.0. The Labute approximate surface area is 135 Å². The second-order valence-corrected chi connectivity index (χ2v) is 6.64. The van der Waals surface area contributed by atoms with Crippen LogP contribution in [0.4, 0.5) is 0 Å².